The number of nitrogens with two attached hydrogens (primary N) is 1. The number of hydrogen-bond acceptors (Lipinski definition) is 8. The molecule has 26 heavy (non-hydrogen) atoms. The van der Waals surface area contributed by atoms with E-state index in [1.807, 2.05) is 6.07 Å². The molecule has 0 aromatic carbocycles. The molecule has 0 amide bonds. The quantitative estimate of drug-likeness (QED) is 0.754. The van der Waals surface area contributed by atoms with Crippen LogP contribution in [0.5, 0.6) is 0 Å². The van der Waals surface area contributed by atoms with Crippen molar-refractivity contribution in [2.24, 2.45) is 0 Å². The third-order valence-electron chi connectivity index (χ3n) is 4.34. The molecule has 1 aliphatic heterocycles. The van der Waals surface area contributed by atoms with E-state index in [-0.39, 0.29) is 5.69 Å². The van der Waals surface area contributed by atoms with Crippen LogP contribution in [0.3, 0.4) is 0 Å². The highest BCUT2D eigenvalue weighted by Gasteiger charge is 2.44. The Bertz CT molecular complexity index is 1050. The molecule has 0 radical (unpaired) electrons. The third kappa shape index (κ3) is 2.57. The largest absolute Gasteiger partial charge is 0.396 e. The summed E-state index contributed by atoms with van der Waals surface area (Å²) in [4.78, 5) is 10.0. The second-order valence-electron chi connectivity index (χ2n) is 6.20. The average Bonchev–Trinajstić information content (AvgIpc) is 3.04. The second kappa shape index (κ2) is 5.59. The van der Waals surface area contributed by atoms with Gasteiger partial charge in [0.1, 0.15) is 6.07 Å². The highest BCUT2D eigenvalue weighted by molar-refractivity contribution is 5.85. The number of aryl methyl sites for hydroxylation is 1. The molecule has 2 N–H and O–H groups in total. The summed E-state index contributed by atoms with van der Waals surface area (Å²) < 4.78 is 30.8. The molecule has 132 valence electrons. The molecule has 8 nitrogen and oxygen atoms in total. The van der Waals surface area contributed by atoms with Crippen LogP contribution < -0.4 is 10.6 Å². The summed E-state index contributed by atoms with van der Waals surface area (Å²) in [6.07, 6.45) is 0.318. The number of anilines is 2. The molecule has 0 saturated carbocycles. The van der Waals surface area contributed by atoms with E-state index in [2.05, 4.69) is 24.9 Å². The lowest BCUT2D eigenvalue weighted by atomic mass is 10.0. The van der Waals surface area contributed by atoms with Crippen LogP contribution >= 0.6 is 0 Å². The number of nitrogen functional groups attached to an aromatic ring is 1. The Morgan fingerprint density at radius 3 is 2.77 bits per heavy atom. The van der Waals surface area contributed by atoms with E-state index in [1.165, 1.54) is 4.90 Å². The third-order valence-corrected chi connectivity index (χ3v) is 4.34. The molecule has 3 aromatic heterocycles. The normalized spacial score (nSPS) is 15.7. The van der Waals surface area contributed by atoms with Gasteiger partial charge in [-0.3, -0.25) is 0 Å². The predicted octanol–water partition coefficient (Wildman–Crippen LogP) is 1.82. The van der Waals surface area contributed by atoms with Gasteiger partial charge < -0.3 is 10.6 Å². The number of halogens is 2. The van der Waals surface area contributed by atoms with E-state index in [4.69, 9.17) is 5.73 Å². The van der Waals surface area contributed by atoms with E-state index in [1.54, 1.807) is 19.1 Å². The first-order valence-corrected chi connectivity index (χ1v) is 7.78. The molecule has 3 aromatic rings. The van der Waals surface area contributed by atoms with E-state index in [0.717, 1.165) is 0 Å². The van der Waals surface area contributed by atoms with Crippen LogP contribution in [0.4, 0.5) is 20.2 Å². The van der Waals surface area contributed by atoms with Gasteiger partial charge >= 0.3 is 0 Å². The van der Waals surface area contributed by atoms with Crippen molar-refractivity contribution >= 4 is 22.5 Å². The fourth-order valence-corrected chi connectivity index (χ4v) is 3.01. The van der Waals surface area contributed by atoms with Crippen molar-refractivity contribution in [3.05, 3.63) is 34.8 Å². The predicted molar refractivity (Wildman–Crippen MR) is 87.7 cm³/mol. The Balaban J connectivity index is 1.66. The number of nitrogens with zero attached hydrogens (tertiary/aromatic N) is 6. The molecular formula is C16H13F2N7O. The molecule has 0 spiro atoms. The number of alkyl halides is 2. The van der Waals surface area contributed by atoms with Crippen LogP contribution in [0.2, 0.25) is 0 Å². The van der Waals surface area contributed by atoms with Crippen LogP contribution in [0.15, 0.2) is 16.8 Å². The van der Waals surface area contributed by atoms with Crippen molar-refractivity contribution in [2.75, 3.05) is 23.7 Å². The van der Waals surface area contributed by atoms with Gasteiger partial charge in [-0.15, -0.1) is 0 Å². The molecule has 1 saturated heterocycles. The zero-order valence-electron chi connectivity index (χ0n) is 13.7. The average molecular weight is 357 g/mol. The summed E-state index contributed by atoms with van der Waals surface area (Å²) in [6.45, 7) is 0.963. The molecule has 4 rings (SSSR count). The smallest absolute Gasteiger partial charge is 0.282 e. The molecule has 1 fully saturated rings. The lowest BCUT2D eigenvalue weighted by Gasteiger charge is -2.40. The number of hydrogen-bond donors (Lipinski definition) is 1. The van der Waals surface area contributed by atoms with E-state index < -0.39 is 19.0 Å². The van der Waals surface area contributed by atoms with Gasteiger partial charge in [0.2, 0.25) is 5.65 Å². The standard InChI is InChI=1S/C16H13F2N7O/c1-8-10(13(20)14-15(21-8)24-26-23-14)4-9-2-3-12(11(5-19)22-9)25-6-16(17,18)7-25/h2-3H,4,6-7,20H2,1H3. The van der Waals surface area contributed by atoms with Crippen LogP contribution in [0.25, 0.3) is 11.2 Å². The van der Waals surface area contributed by atoms with Gasteiger partial charge in [-0.2, -0.15) is 5.26 Å². The Labute approximate surface area is 146 Å². The summed E-state index contributed by atoms with van der Waals surface area (Å²) >= 11 is 0. The van der Waals surface area contributed by atoms with Gasteiger partial charge in [0.25, 0.3) is 5.92 Å². The van der Waals surface area contributed by atoms with Crippen LogP contribution in [0.1, 0.15) is 22.6 Å². The molecule has 10 heteroatoms. The van der Waals surface area contributed by atoms with Crippen molar-refractivity contribution in [3.63, 3.8) is 0 Å². The van der Waals surface area contributed by atoms with Gasteiger partial charge in [-0.1, -0.05) is 0 Å². The fourth-order valence-electron chi connectivity index (χ4n) is 3.01. The van der Waals surface area contributed by atoms with Crippen LogP contribution in [-0.2, 0) is 6.42 Å². The first-order chi connectivity index (χ1) is 12.4. The highest BCUT2D eigenvalue weighted by Crippen LogP contribution is 2.33. The molecule has 1 aliphatic rings. The first-order valence-electron chi connectivity index (χ1n) is 7.78. The van der Waals surface area contributed by atoms with Gasteiger partial charge in [0.05, 0.1) is 24.5 Å². The zero-order valence-corrected chi connectivity index (χ0v) is 13.7. The van der Waals surface area contributed by atoms with Crippen molar-refractivity contribution in [1.82, 2.24) is 20.3 Å². The molecule has 0 unspecified atom stereocenters. The van der Waals surface area contributed by atoms with E-state index in [9.17, 15) is 14.0 Å². The van der Waals surface area contributed by atoms with Gasteiger partial charge in [0, 0.05) is 23.4 Å². The van der Waals surface area contributed by atoms with Crippen molar-refractivity contribution in [1.29, 1.82) is 5.26 Å². The summed E-state index contributed by atoms with van der Waals surface area (Å²) in [7, 11) is 0. The molecular weight excluding hydrogens is 344 g/mol. The molecule has 0 aliphatic carbocycles. The lowest BCUT2D eigenvalue weighted by Crippen LogP contribution is -2.56. The summed E-state index contributed by atoms with van der Waals surface area (Å²) in [5, 5.41) is 16.7. The minimum Gasteiger partial charge on any atom is -0.396 e. The molecule has 0 bridgehead atoms. The maximum atomic E-state index is 13.1. The minimum atomic E-state index is -2.72. The maximum Gasteiger partial charge on any atom is 0.282 e. The lowest BCUT2D eigenvalue weighted by molar-refractivity contribution is -0.0263. The van der Waals surface area contributed by atoms with Gasteiger partial charge in [0.15, 0.2) is 11.2 Å². The Morgan fingerprint density at radius 2 is 2.08 bits per heavy atom. The van der Waals surface area contributed by atoms with Crippen molar-refractivity contribution in [2.45, 2.75) is 19.3 Å². The summed E-state index contributed by atoms with van der Waals surface area (Å²) in [5.74, 6) is -2.72. The number of aromatic nitrogens is 4. The summed E-state index contributed by atoms with van der Waals surface area (Å²) in [5.41, 5.74) is 9.65. The number of rotatable bonds is 3. The van der Waals surface area contributed by atoms with Crippen molar-refractivity contribution < 1.29 is 13.4 Å². The van der Waals surface area contributed by atoms with Crippen LogP contribution in [0, 0.1) is 18.3 Å². The zero-order chi connectivity index (χ0) is 18.5. The maximum absolute atomic E-state index is 13.1. The summed E-state index contributed by atoms with van der Waals surface area (Å²) in [6, 6.07) is 5.29. The van der Waals surface area contributed by atoms with E-state index in [0.29, 0.717) is 45.9 Å². The first kappa shape index (κ1) is 16.1. The number of nitriles is 1. The topological polar surface area (TPSA) is 118 Å². The van der Waals surface area contributed by atoms with Crippen LogP contribution in [-0.4, -0.2) is 39.3 Å². The van der Waals surface area contributed by atoms with Crippen molar-refractivity contribution in [3.8, 4) is 6.07 Å². The Hall–Kier alpha value is -3.35. The SMILES string of the molecule is Cc1nc2nonc2c(N)c1Cc1ccc(N2CC(F)(F)C2)c(C#N)n1. The number of fused-ring (bicyclic) bond motifs is 1. The molecule has 4 heterocycles. The molecule has 0 atom stereocenters. The van der Waals surface area contributed by atoms with Gasteiger partial charge in [-0.25, -0.2) is 23.4 Å². The van der Waals surface area contributed by atoms with Gasteiger partial charge in [-0.05, 0) is 29.4 Å². The fraction of sp³-hybridized carbons (Fsp3) is 0.312. The minimum absolute atomic E-state index is 0.103. The highest BCUT2D eigenvalue weighted by atomic mass is 19.3. The Kier molecular flexibility index (Phi) is 3.47. The van der Waals surface area contributed by atoms with E-state index >= 15 is 0 Å². The number of pyridine rings is 2. The second-order valence-corrected chi connectivity index (χ2v) is 6.20. The monoisotopic (exact) mass is 357 g/mol. The Morgan fingerprint density at radius 1 is 1.31 bits per heavy atom.